The van der Waals surface area contributed by atoms with Gasteiger partial charge >= 0.3 is 12.1 Å². The number of rotatable bonds is 4. The SMILES string of the molecule is CCOC(=O)c1ccc(C(C)=NNC(=O)OC(C)(C)C)cc1. The first kappa shape index (κ1) is 17.7. The molecule has 0 atom stereocenters. The van der Waals surface area contributed by atoms with Crippen molar-refractivity contribution in [2.24, 2.45) is 5.10 Å². The third-order valence-electron chi connectivity index (χ3n) is 2.53. The van der Waals surface area contributed by atoms with E-state index in [2.05, 4.69) is 10.5 Å². The van der Waals surface area contributed by atoms with E-state index in [4.69, 9.17) is 9.47 Å². The van der Waals surface area contributed by atoms with Crippen LogP contribution in [0.25, 0.3) is 0 Å². The predicted molar refractivity (Wildman–Crippen MR) is 84.0 cm³/mol. The maximum atomic E-state index is 11.5. The Bertz CT molecular complexity index is 557. The Kier molecular flexibility index (Phi) is 6.10. The lowest BCUT2D eigenvalue weighted by Crippen LogP contribution is -2.30. The Morgan fingerprint density at radius 3 is 2.18 bits per heavy atom. The van der Waals surface area contributed by atoms with E-state index in [1.165, 1.54) is 0 Å². The third-order valence-corrected chi connectivity index (χ3v) is 2.53. The molecule has 0 heterocycles. The molecule has 0 bridgehead atoms. The Hall–Kier alpha value is -2.37. The van der Waals surface area contributed by atoms with Gasteiger partial charge in [0.2, 0.25) is 0 Å². The van der Waals surface area contributed by atoms with Gasteiger partial charge in [-0.25, -0.2) is 15.0 Å². The van der Waals surface area contributed by atoms with Gasteiger partial charge in [-0.3, -0.25) is 0 Å². The number of esters is 1. The van der Waals surface area contributed by atoms with Crippen LogP contribution in [-0.2, 0) is 9.47 Å². The van der Waals surface area contributed by atoms with E-state index in [1.54, 1.807) is 58.9 Å². The van der Waals surface area contributed by atoms with E-state index in [-0.39, 0.29) is 5.97 Å². The zero-order chi connectivity index (χ0) is 16.8. The minimum Gasteiger partial charge on any atom is -0.462 e. The smallest absolute Gasteiger partial charge is 0.428 e. The average Bonchev–Trinajstić information content (AvgIpc) is 2.43. The highest BCUT2D eigenvalue weighted by atomic mass is 16.6. The van der Waals surface area contributed by atoms with E-state index in [0.717, 1.165) is 5.56 Å². The van der Waals surface area contributed by atoms with Crippen molar-refractivity contribution in [3.8, 4) is 0 Å². The van der Waals surface area contributed by atoms with Gasteiger partial charge < -0.3 is 9.47 Å². The standard InChI is InChI=1S/C16H22N2O4/c1-6-21-14(19)13-9-7-12(8-10-13)11(2)17-18-15(20)22-16(3,4)5/h7-10H,6H2,1-5H3,(H,18,20). The number of hydrogen-bond donors (Lipinski definition) is 1. The molecule has 0 aromatic heterocycles. The second-order valence-corrected chi connectivity index (χ2v) is 5.61. The summed E-state index contributed by atoms with van der Waals surface area (Å²) in [5.74, 6) is -0.365. The zero-order valence-corrected chi connectivity index (χ0v) is 13.6. The molecule has 0 unspecified atom stereocenters. The largest absolute Gasteiger partial charge is 0.462 e. The second kappa shape index (κ2) is 7.59. The highest BCUT2D eigenvalue weighted by molar-refractivity contribution is 6.00. The van der Waals surface area contributed by atoms with E-state index < -0.39 is 11.7 Å². The summed E-state index contributed by atoms with van der Waals surface area (Å²) in [4.78, 5) is 23.1. The molecule has 6 heteroatoms. The second-order valence-electron chi connectivity index (χ2n) is 5.61. The Morgan fingerprint density at radius 2 is 1.68 bits per heavy atom. The van der Waals surface area contributed by atoms with Crippen molar-refractivity contribution >= 4 is 17.8 Å². The van der Waals surface area contributed by atoms with E-state index in [1.807, 2.05) is 0 Å². The Balaban J connectivity index is 2.69. The van der Waals surface area contributed by atoms with Crippen molar-refractivity contribution in [1.29, 1.82) is 0 Å². The number of carbonyl (C=O) groups is 2. The van der Waals surface area contributed by atoms with Gasteiger partial charge in [0.1, 0.15) is 5.60 Å². The minimum absolute atomic E-state index is 0.334. The van der Waals surface area contributed by atoms with Crippen molar-refractivity contribution in [1.82, 2.24) is 5.43 Å². The number of amides is 1. The van der Waals surface area contributed by atoms with Gasteiger partial charge in [0, 0.05) is 0 Å². The van der Waals surface area contributed by atoms with Gasteiger partial charge in [0.25, 0.3) is 0 Å². The van der Waals surface area contributed by atoms with Gasteiger partial charge in [0.05, 0.1) is 17.9 Å². The lowest BCUT2D eigenvalue weighted by molar-refractivity contribution is 0.0517. The van der Waals surface area contributed by atoms with Crippen LogP contribution in [0.2, 0.25) is 0 Å². The summed E-state index contributed by atoms with van der Waals surface area (Å²) < 4.78 is 9.99. The third kappa shape index (κ3) is 5.95. The van der Waals surface area contributed by atoms with Gasteiger partial charge in [0.15, 0.2) is 0 Å². The monoisotopic (exact) mass is 306 g/mol. The number of hydrazone groups is 1. The van der Waals surface area contributed by atoms with Crippen LogP contribution in [0.3, 0.4) is 0 Å². The molecule has 1 amide bonds. The van der Waals surface area contributed by atoms with Crippen molar-refractivity contribution in [3.63, 3.8) is 0 Å². The van der Waals surface area contributed by atoms with Gasteiger partial charge in [-0.05, 0) is 52.3 Å². The molecule has 0 aliphatic rings. The van der Waals surface area contributed by atoms with Crippen molar-refractivity contribution in [2.75, 3.05) is 6.61 Å². The van der Waals surface area contributed by atoms with E-state index in [0.29, 0.717) is 17.9 Å². The van der Waals surface area contributed by atoms with E-state index in [9.17, 15) is 9.59 Å². The van der Waals surface area contributed by atoms with Crippen molar-refractivity contribution < 1.29 is 19.1 Å². The first-order valence-electron chi connectivity index (χ1n) is 7.03. The number of nitrogens with one attached hydrogen (secondary N) is 1. The molecule has 1 N–H and O–H groups in total. The molecule has 0 aliphatic heterocycles. The van der Waals surface area contributed by atoms with Crippen LogP contribution >= 0.6 is 0 Å². The molecule has 22 heavy (non-hydrogen) atoms. The number of nitrogens with zero attached hydrogens (tertiary/aromatic N) is 1. The van der Waals surface area contributed by atoms with Crippen LogP contribution < -0.4 is 5.43 Å². The molecular formula is C16H22N2O4. The summed E-state index contributed by atoms with van der Waals surface area (Å²) in [5.41, 5.74) is 3.61. The lowest BCUT2D eigenvalue weighted by Gasteiger charge is -2.18. The van der Waals surface area contributed by atoms with Crippen molar-refractivity contribution in [3.05, 3.63) is 35.4 Å². The number of benzene rings is 1. The van der Waals surface area contributed by atoms with Gasteiger partial charge in [-0.2, -0.15) is 5.10 Å². The first-order chi connectivity index (χ1) is 10.2. The van der Waals surface area contributed by atoms with Crippen LogP contribution in [0.15, 0.2) is 29.4 Å². The van der Waals surface area contributed by atoms with Crippen LogP contribution in [0.5, 0.6) is 0 Å². The summed E-state index contributed by atoms with van der Waals surface area (Å²) in [6, 6.07) is 6.78. The molecule has 120 valence electrons. The fourth-order valence-corrected chi connectivity index (χ4v) is 1.56. The fraction of sp³-hybridized carbons (Fsp3) is 0.438. The Morgan fingerprint density at radius 1 is 1.14 bits per heavy atom. The molecule has 0 saturated carbocycles. The molecule has 1 rings (SSSR count). The quantitative estimate of drug-likeness (QED) is 0.527. The minimum atomic E-state index is -0.616. The highest BCUT2D eigenvalue weighted by Crippen LogP contribution is 2.08. The van der Waals surface area contributed by atoms with Gasteiger partial charge in [-0.1, -0.05) is 12.1 Å². The number of ether oxygens (including phenoxy) is 2. The average molecular weight is 306 g/mol. The fourth-order valence-electron chi connectivity index (χ4n) is 1.56. The van der Waals surface area contributed by atoms with Gasteiger partial charge in [-0.15, -0.1) is 0 Å². The maximum absolute atomic E-state index is 11.5. The summed E-state index contributed by atoms with van der Waals surface area (Å²) >= 11 is 0. The molecular weight excluding hydrogens is 284 g/mol. The first-order valence-corrected chi connectivity index (χ1v) is 7.03. The molecule has 1 aromatic carbocycles. The van der Waals surface area contributed by atoms with Crippen molar-refractivity contribution in [2.45, 2.75) is 40.2 Å². The van der Waals surface area contributed by atoms with E-state index >= 15 is 0 Å². The van der Waals surface area contributed by atoms with Crippen LogP contribution in [-0.4, -0.2) is 30.0 Å². The summed E-state index contributed by atoms with van der Waals surface area (Å²) in [7, 11) is 0. The predicted octanol–water partition coefficient (Wildman–Crippen LogP) is 3.11. The summed E-state index contributed by atoms with van der Waals surface area (Å²) in [5, 5.41) is 3.97. The normalized spacial score (nSPS) is 11.8. The topological polar surface area (TPSA) is 77.0 Å². The molecule has 0 saturated heterocycles. The summed E-state index contributed by atoms with van der Waals surface area (Å²) in [6.07, 6.45) is -0.616. The molecule has 0 aliphatic carbocycles. The molecule has 0 fully saturated rings. The number of hydrogen-bond acceptors (Lipinski definition) is 5. The molecule has 1 aromatic rings. The molecule has 6 nitrogen and oxygen atoms in total. The molecule has 0 spiro atoms. The number of carbonyl (C=O) groups excluding carboxylic acids is 2. The Labute approximate surface area is 130 Å². The zero-order valence-electron chi connectivity index (χ0n) is 13.6. The summed E-state index contributed by atoms with van der Waals surface area (Å²) in [6.45, 7) is 9.16. The maximum Gasteiger partial charge on any atom is 0.428 e. The van der Waals surface area contributed by atoms with Crippen LogP contribution in [0.1, 0.15) is 50.5 Å². The van der Waals surface area contributed by atoms with Crippen LogP contribution in [0, 0.1) is 0 Å². The highest BCUT2D eigenvalue weighted by Gasteiger charge is 2.15. The lowest BCUT2D eigenvalue weighted by atomic mass is 10.1. The van der Waals surface area contributed by atoms with Crippen LogP contribution in [0.4, 0.5) is 4.79 Å². The molecule has 0 radical (unpaired) electrons.